The first-order chi connectivity index (χ1) is 9.80. The van der Waals surface area contributed by atoms with E-state index in [9.17, 15) is 0 Å². The molecule has 0 unspecified atom stereocenters. The van der Waals surface area contributed by atoms with Crippen LogP contribution >= 0.6 is 11.3 Å². The molecular formula is C15H21N3OS. The fourth-order valence-electron chi connectivity index (χ4n) is 2.04. The lowest BCUT2D eigenvalue weighted by atomic mass is 10.1. The van der Waals surface area contributed by atoms with Gasteiger partial charge in [0.2, 0.25) is 0 Å². The highest BCUT2D eigenvalue weighted by Gasteiger charge is 2.14. The Balaban J connectivity index is 2.36. The van der Waals surface area contributed by atoms with E-state index >= 15 is 0 Å². The van der Waals surface area contributed by atoms with Gasteiger partial charge in [-0.1, -0.05) is 13.8 Å². The smallest absolute Gasteiger partial charge is 0.124 e. The summed E-state index contributed by atoms with van der Waals surface area (Å²) in [6.07, 6.45) is 4.72. The van der Waals surface area contributed by atoms with Crippen molar-refractivity contribution in [1.29, 1.82) is 0 Å². The molecule has 0 atom stereocenters. The standard InChI is InChI=1S/C15H21N3OS/c1-4-11-8-17-7-6-12(11)15-18-13(10-19-3)14(20-15)9-16-5-2/h6-8,16H,4-5,9-10H2,1-3H3. The van der Waals surface area contributed by atoms with Crippen LogP contribution in [0.3, 0.4) is 0 Å². The molecular weight excluding hydrogens is 270 g/mol. The van der Waals surface area contributed by atoms with Crippen molar-refractivity contribution >= 4 is 11.3 Å². The number of nitrogens with one attached hydrogen (secondary N) is 1. The van der Waals surface area contributed by atoms with Crippen LogP contribution in [0.15, 0.2) is 18.5 Å². The Bertz CT molecular complexity index is 554. The average Bonchev–Trinajstić information content (AvgIpc) is 2.88. The Morgan fingerprint density at radius 3 is 2.90 bits per heavy atom. The summed E-state index contributed by atoms with van der Waals surface area (Å²) in [5, 5.41) is 4.42. The maximum atomic E-state index is 5.26. The summed E-state index contributed by atoms with van der Waals surface area (Å²) in [6.45, 7) is 6.61. The Labute approximate surface area is 124 Å². The Morgan fingerprint density at radius 1 is 1.35 bits per heavy atom. The lowest BCUT2D eigenvalue weighted by Gasteiger charge is -2.02. The first-order valence-electron chi connectivity index (χ1n) is 6.91. The van der Waals surface area contributed by atoms with Crippen molar-refractivity contribution in [3.63, 3.8) is 0 Å². The highest BCUT2D eigenvalue weighted by Crippen LogP contribution is 2.30. The Kier molecular flexibility index (Phi) is 5.64. The van der Waals surface area contributed by atoms with Crippen molar-refractivity contribution in [2.45, 2.75) is 33.4 Å². The van der Waals surface area contributed by atoms with Gasteiger partial charge in [0.05, 0.1) is 12.3 Å². The molecule has 0 saturated carbocycles. The molecule has 0 amide bonds. The van der Waals surface area contributed by atoms with E-state index in [1.807, 2.05) is 18.5 Å². The zero-order valence-corrected chi connectivity index (χ0v) is 13.1. The van der Waals surface area contributed by atoms with Gasteiger partial charge in [0.15, 0.2) is 0 Å². The molecule has 2 aromatic heterocycles. The largest absolute Gasteiger partial charge is 0.378 e. The van der Waals surface area contributed by atoms with Crippen molar-refractivity contribution in [3.8, 4) is 10.6 Å². The average molecular weight is 291 g/mol. The number of methoxy groups -OCH3 is 1. The lowest BCUT2D eigenvalue weighted by Crippen LogP contribution is -2.12. The van der Waals surface area contributed by atoms with Gasteiger partial charge in [-0.15, -0.1) is 11.3 Å². The zero-order valence-electron chi connectivity index (χ0n) is 12.3. The fraction of sp³-hybridized carbons (Fsp3) is 0.467. The number of hydrogen-bond donors (Lipinski definition) is 1. The molecule has 20 heavy (non-hydrogen) atoms. The van der Waals surface area contributed by atoms with Crippen LogP contribution in [-0.2, 0) is 24.3 Å². The maximum absolute atomic E-state index is 5.26. The van der Waals surface area contributed by atoms with E-state index in [2.05, 4.69) is 24.1 Å². The molecule has 2 heterocycles. The minimum atomic E-state index is 0.559. The molecule has 0 aliphatic carbocycles. The van der Waals surface area contributed by atoms with Crippen molar-refractivity contribution in [2.75, 3.05) is 13.7 Å². The number of ether oxygens (including phenoxy) is 1. The lowest BCUT2D eigenvalue weighted by molar-refractivity contribution is 0.181. The molecule has 2 rings (SSSR count). The van der Waals surface area contributed by atoms with Crippen molar-refractivity contribution < 1.29 is 4.74 Å². The Hall–Kier alpha value is -1.30. The molecule has 0 saturated heterocycles. The number of aromatic nitrogens is 2. The minimum absolute atomic E-state index is 0.559. The van der Waals surface area contributed by atoms with E-state index in [1.54, 1.807) is 18.4 Å². The van der Waals surface area contributed by atoms with Gasteiger partial charge in [0.25, 0.3) is 0 Å². The molecule has 5 heteroatoms. The number of aryl methyl sites for hydroxylation is 1. The molecule has 2 aromatic rings. The highest BCUT2D eigenvalue weighted by molar-refractivity contribution is 7.15. The van der Waals surface area contributed by atoms with Crippen molar-refractivity contribution in [2.24, 2.45) is 0 Å². The van der Waals surface area contributed by atoms with E-state index < -0.39 is 0 Å². The topological polar surface area (TPSA) is 47.0 Å². The molecule has 0 aliphatic rings. The normalized spacial score (nSPS) is 10.9. The highest BCUT2D eigenvalue weighted by atomic mass is 32.1. The van der Waals surface area contributed by atoms with Gasteiger partial charge in [-0.2, -0.15) is 0 Å². The van der Waals surface area contributed by atoms with Crippen LogP contribution < -0.4 is 5.32 Å². The molecule has 108 valence electrons. The minimum Gasteiger partial charge on any atom is -0.378 e. The molecule has 0 aromatic carbocycles. The monoisotopic (exact) mass is 291 g/mol. The predicted molar refractivity (Wildman–Crippen MR) is 82.8 cm³/mol. The number of rotatable bonds is 7. The second kappa shape index (κ2) is 7.47. The van der Waals surface area contributed by atoms with Gasteiger partial charge >= 0.3 is 0 Å². The number of thiazole rings is 1. The molecule has 0 fully saturated rings. The molecule has 1 N–H and O–H groups in total. The van der Waals surface area contributed by atoms with Crippen LogP contribution in [0, 0.1) is 0 Å². The fourth-order valence-corrected chi connectivity index (χ4v) is 3.14. The van der Waals surface area contributed by atoms with Gasteiger partial charge in [-0.05, 0) is 24.6 Å². The zero-order chi connectivity index (χ0) is 14.4. The van der Waals surface area contributed by atoms with Crippen LogP contribution in [0.4, 0.5) is 0 Å². The van der Waals surface area contributed by atoms with Crippen LogP contribution in [0.25, 0.3) is 10.6 Å². The second-order valence-electron chi connectivity index (χ2n) is 4.49. The van der Waals surface area contributed by atoms with Gasteiger partial charge in [-0.25, -0.2) is 4.98 Å². The molecule has 0 aliphatic heterocycles. The predicted octanol–water partition coefficient (Wildman–Crippen LogP) is 3.02. The second-order valence-corrected chi connectivity index (χ2v) is 5.57. The van der Waals surface area contributed by atoms with Crippen LogP contribution in [0.1, 0.15) is 30.0 Å². The Morgan fingerprint density at radius 2 is 2.20 bits per heavy atom. The van der Waals surface area contributed by atoms with E-state index in [1.165, 1.54) is 16.0 Å². The summed E-state index contributed by atoms with van der Waals surface area (Å²) in [5.41, 5.74) is 3.46. The molecule has 4 nitrogen and oxygen atoms in total. The first kappa shape index (κ1) is 15.1. The van der Waals surface area contributed by atoms with Gasteiger partial charge in [-0.3, -0.25) is 4.98 Å². The maximum Gasteiger partial charge on any atom is 0.124 e. The summed E-state index contributed by atoms with van der Waals surface area (Å²) in [5.74, 6) is 0. The third-order valence-electron chi connectivity index (χ3n) is 3.11. The third kappa shape index (κ3) is 3.42. The van der Waals surface area contributed by atoms with E-state index in [0.717, 1.165) is 30.2 Å². The SMILES string of the molecule is CCNCc1sc(-c2ccncc2CC)nc1COC. The van der Waals surface area contributed by atoms with Gasteiger partial charge in [0.1, 0.15) is 5.01 Å². The quantitative estimate of drug-likeness (QED) is 0.852. The van der Waals surface area contributed by atoms with Gasteiger partial charge in [0, 0.05) is 36.5 Å². The van der Waals surface area contributed by atoms with Crippen molar-refractivity contribution in [3.05, 3.63) is 34.6 Å². The van der Waals surface area contributed by atoms with Gasteiger partial charge < -0.3 is 10.1 Å². The summed E-state index contributed by atoms with van der Waals surface area (Å²) in [4.78, 5) is 10.2. The number of hydrogen-bond acceptors (Lipinski definition) is 5. The van der Waals surface area contributed by atoms with E-state index in [-0.39, 0.29) is 0 Å². The van der Waals surface area contributed by atoms with Crippen molar-refractivity contribution in [1.82, 2.24) is 15.3 Å². The summed E-state index contributed by atoms with van der Waals surface area (Å²) >= 11 is 1.74. The summed E-state index contributed by atoms with van der Waals surface area (Å²) < 4.78 is 5.26. The van der Waals surface area contributed by atoms with Crippen LogP contribution in [-0.4, -0.2) is 23.6 Å². The summed E-state index contributed by atoms with van der Waals surface area (Å²) in [7, 11) is 1.71. The van der Waals surface area contributed by atoms with Crippen LogP contribution in [0.5, 0.6) is 0 Å². The third-order valence-corrected chi connectivity index (χ3v) is 4.24. The molecule has 0 radical (unpaired) electrons. The number of nitrogens with zero attached hydrogens (tertiary/aromatic N) is 2. The molecule has 0 bridgehead atoms. The summed E-state index contributed by atoms with van der Waals surface area (Å²) in [6, 6.07) is 2.05. The van der Waals surface area contributed by atoms with Crippen LogP contribution in [0.2, 0.25) is 0 Å². The van der Waals surface area contributed by atoms with E-state index in [4.69, 9.17) is 9.72 Å². The first-order valence-corrected chi connectivity index (χ1v) is 7.73. The number of pyridine rings is 1. The van der Waals surface area contributed by atoms with E-state index in [0.29, 0.717) is 6.61 Å². The molecule has 0 spiro atoms.